The van der Waals surface area contributed by atoms with Gasteiger partial charge in [-0.05, 0) is 49.8 Å². The smallest absolute Gasteiger partial charge is 0.390 e. The quantitative estimate of drug-likeness (QED) is 0.235. The van der Waals surface area contributed by atoms with Gasteiger partial charge in [0.05, 0.1) is 24.6 Å². The van der Waals surface area contributed by atoms with Crippen molar-refractivity contribution < 1.29 is 27.4 Å². The summed E-state index contributed by atoms with van der Waals surface area (Å²) in [6.45, 7) is 8.77. The van der Waals surface area contributed by atoms with Crippen LogP contribution in [0.15, 0.2) is 46.7 Å². The minimum absolute atomic E-state index is 0.00876. The minimum atomic E-state index is -4.44. The highest BCUT2D eigenvalue weighted by molar-refractivity contribution is 5.95. The van der Waals surface area contributed by atoms with Crippen molar-refractivity contribution >= 4 is 12.2 Å². The highest BCUT2D eigenvalue weighted by Gasteiger charge is 2.36. The number of hydrogen-bond donors (Lipinski definition) is 2. The Morgan fingerprint density at radius 1 is 1.23 bits per heavy atom. The van der Waals surface area contributed by atoms with Gasteiger partial charge in [-0.15, -0.1) is 0 Å². The van der Waals surface area contributed by atoms with Gasteiger partial charge in [0.1, 0.15) is 5.70 Å². The summed E-state index contributed by atoms with van der Waals surface area (Å²) in [5.41, 5.74) is 7.02. The summed E-state index contributed by atoms with van der Waals surface area (Å²) in [5.74, 6) is -0.261. The molecule has 11 heteroatoms. The number of aliphatic imine (C=N–C) groups is 1. The predicted molar refractivity (Wildman–Crippen MR) is 143 cm³/mol. The number of rotatable bonds is 7. The molecule has 214 valence electrons. The number of alkyl halides is 3. The average Bonchev–Trinajstić information content (AvgIpc) is 2.94. The van der Waals surface area contributed by atoms with Crippen LogP contribution in [-0.2, 0) is 33.4 Å². The van der Waals surface area contributed by atoms with Crippen LogP contribution in [0.3, 0.4) is 0 Å². The van der Waals surface area contributed by atoms with Gasteiger partial charge in [0.2, 0.25) is 0 Å². The second-order valence-electron chi connectivity index (χ2n) is 10.3. The maximum atomic E-state index is 13.6. The van der Waals surface area contributed by atoms with E-state index in [-0.39, 0.29) is 41.9 Å². The summed E-state index contributed by atoms with van der Waals surface area (Å²) in [7, 11) is 1.69. The molecule has 39 heavy (non-hydrogen) atoms. The SMILES string of the molecule is C=C(/C(C)=C(\N=C/N)C(=O)N1CCC(NC2CCOCC2OC)CC1)N1CCc2cccc(C(F)(F)F)c2C1. The standard InChI is InChI=1S/C28H38F3N5O3/c1-18(19(2)36-11-7-20-5-4-6-23(22(20)15-36)28(29,30)31)26(33-17-32)27(37)35-12-8-21(9-13-35)34-24-10-14-39-16-25(24)38-3/h4-6,17,21,24-25,34H,2,7-16H2,1,3H3,(H2,32,33)/b26-18-. The van der Waals surface area contributed by atoms with Crippen LogP contribution >= 0.6 is 0 Å². The number of nitrogens with one attached hydrogen (secondary N) is 1. The van der Waals surface area contributed by atoms with Gasteiger partial charge in [0.25, 0.3) is 5.91 Å². The van der Waals surface area contributed by atoms with Gasteiger partial charge in [-0.25, -0.2) is 4.99 Å². The number of benzene rings is 1. The number of carbonyl (C=O) groups is 1. The van der Waals surface area contributed by atoms with Crippen LogP contribution in [0.1, 0.15) is 42.9 Å². The van der Waals surface area contributed by atoms with E-state index in [1.54, 1.807) is 29.9 Å². The number of hydrogen-bond acceptors (Lipinski definition) is 6. The second-order valence-corrected chi connectivity index (χ2v) is 10.3. The molecule has 3 aliphatic rings. The molecule has 0 radical (unpaired) electrons. The van der Waals surface area contributed by atoms with Crippen molar-refractivity contribution in [3.63, 3.8) is 0 Å². The number of allylic oxidation sites excluding steroid dienone is 1. The highest BCUT2D eigenvalue weighted by Crippen LogP contribution is 2.37. The number of carbonyl (C=O) groups excluding carboxylic acids is 1. The molecule has 3 N–H and O–H groups in total. The Labute approximate surface area is 227 Å². The van der Waals surface area contributed by atoms with Crippen LogP contribution in [0.4, 0.5) is 13.2 Å². The number of nitrogens with two attached hydrogens (primary N) is 1. The second kappa shape index (κ2) is 12.5. The van der Waals surface area contributed by atoms with Gasteiger partial charge >= 0.3 is 6.18 Å². The molecule has 0 bridgehead atoms. The van der Waals surface area contributed by atoms with Gasteiger partial charge in [0, 0.05) is 63.2 Å². The molecule has 3 heterocycles. The fourth-order valence-corrected chi connectivity index (χ4v) is 5.67. The molecular formula is C28H38F3N5O3. The van der Waals surface area contributed by atoms with Gasteiger partial charge in [0.15, 0.2) is 0 Å². The van der Waals surface area contributed by atoms with Gasteiger partial charge in [-0.2, -0.15) is 13.2 Å². The zero-order chi connectivity index (χ0) is 28.2. The molecule has 1 amide bonds. The summed E-state index contributed by atoms with van der Waals surface area (Å²) in [6.07, 6.45) is -0.474. The maximum absolute atomic E-state index is 13.6. The Morgan fingerprint density at radius 2 is 1.97 bits per heavy atom. The molecule has 1 aromatic carbocycles. The molecule has 2 saturated heterocycles. The summed E-state index contributed by atoms with van der Waals surface area (Å²) in [6, 6.07) is 4.76. The Hall–Kier alpha value is -2.89. The monoisotopic (exact) mass is 549 g/mol. The number of piperidine rings is 1. The van der Waals surface area contributed by atoms with E-state index in [1.165, 1.54) is 6.07 Å². The van der Waals surface area contributed by atoms with E-state index in [0.717, 1.165) is 31.7 Å². The fraction of sp³-hybridized carbons (Fsp3) is 0.571. The predicted octanol–water partition coefficient (Wildman–Crippen LogP) is 3.22. The average molecular weight is 550 g/mol. The van der Waals surface area contributed by atoms with Crippen molar-refractivity contribution in [2.75, 3.05) is 40.0 Å². The van der Waals surface area contributed by atoms with Crippen molar-refractivity contribution in [3.05, 3.63) is 58.4 Å². The fourth-order valence-electron chi connectivity index (χ4n) is 5.67. The number of amides is 1. The van der Waals surface area contributed by atoms with Crippen LogP contribution in [0.25, 0.3) is 0 Å². The van der Waals surface area contributed by atoms with Crippen molar-refractivity contribution in [2.45, 2.75) is 63.5 Å². The molecule has 8 nitrogen and oxygen atoms in total. The highest BCUT2D eigenvalue weighted by atomic mass is 19.4. The van der Waals surface area contributed by atoms with E-state index >= 15 is 0 Å². The Morgan fingerprint density at radius 3 is 2.64 bits per heavy atom. The lowest BCUT2D eigenvalue weighted by Gasteiger charge is -2.38. The van der Waals surface area contributed by atoms with Crippen LogP contribution < -0.4 is 11.1 Å². The molecule has 0 saturated carbocycles. The van der Waals surface area contributed by atoms with Gasteiger partial charge < -0.3 is 30.3 Å². The van der Waals surface area contributed by atoms with E-state index in [4.69, 9.17) is 15.2 Å². The summed E-state index contributed by atoms with van der Waals surface area (Å²) in [4.78, 5) is 21.2. The molecule has 3 aliphatic heterocycles. The molecule has 0 aliphatic carbocycles. The van der Waals surface area contributed by atoms with Crippen LogP contribution in [-0.4, -0.2) is 80.2 Å². The van der Waals surface area contributed by atoms with Crippen LogP contribution in [0.2, 0.25) is 0 Å². The molecule has 2 atom stereocenters. The first-order valence-corrected chi connectivity index (χ1v) is 13.4. The molecule has 4 rings (SSSR count). The first-order chi connectivity index (χ1) is 18.6. The number of nitrogens with zero attached hydrogens (tertiary/aromatic N) is 3. The first-order valence-electron chi connectivity index (χ1n) is 13.4. The zero-order valence-electron chi connectivity index (χ0n) is 22.6. The van der Waals surface area contributed by atoms with Gasteiger partial charge in [-0.3, -0.25) is 4.79 Å². The van der Waals surface area contributed by atoms with Crippen molar-refractivity contribution in [1.29, 1.82) is 0 Å². The Kier molecular flexibility index (Phi) is 9.35. The van der Waals surface area contributed by atoms with Gasteiger partial charge in [-0.1, -0.05) is 18.7 Å². The minimum Gasteiger partial charge on any atom is -0.390 e. The van der Waals surface area contributed by atoms with E-state index < -0.39 is 11.7 Å². The van der Waals surface area contributed by atoms with E-state index in [1.807, 2.05) is 0 Å². The van der Waals surface area contributed by atoms with Crippen molar-refractivity contribution in [3.8, 4) is 0 Å². The van der Waals surface area contributed by atoms with E-state index in [0.29, 0.717) is 56.1 Å². The molecule has 2 unspecified atom stereocenters. The summed E-state index contributed by atoms with van der Waals surface area (Å²) < 4.78 is 52.0. The lowest BCUT2D eigenvalue weighted by atomic mass is 9.93. The summed E-state index contributed by atoms with van der Waals surface area (Å²) >= 11 is 0. The largest absolute Gasteiger partial charge is 0.416 e. The third-order valence-electron chi connectivity index (χ3n) is 7.99. The molecule has 2 fully saturated rings. The number of halogens is 3. The van der Waals surface area contributed by atoms with Crippen LogP contribution in [0, 0.1) is 0 Å². The Bertz CT molecular complexity index is 1110. The third-order valence-corrected chi connectivity index (χ3v) is 7.99. The maximum Gasteiger partial charge on any atom is 0.416 e. The number of methoxy groups -OCH3 is 1. The first kappa shape index (κ1) is 29.1. The number of fused-ring (bicyclic) bond motifs is 1. The number of ether oxygens (including phenoxy) is 2. The number of likely N-dealkylation sites (tertiary alicyclic amines) is 1. The lowest BCUT2D eigenvalue weighted by molar-refractivity contribution is -0.138. The van der Waals surface area contributed by atoms with Crippen LogP contribution in [0.5, 0.6) is 0 Å². The molecule has 0 aromatic heterocycles. The lowest BCUT2D eigenvalue weighted by Crippen LogP contribution is -2.54. The van der Waals surface area contributed by atoms with Crippen molar-refractivity contribution in [2.24, 2.45) is 10.7 Å². The topological polar surface area (TPSA) is 92.4 Å². The Balaban J connectivity index is 1.44. The molecule has 0 spiro atoms. The summed E-state index contributed by atoms with van der Waals surface area (Å²) in [5, 5.41) is 3.67. The zero-order valence-corrected chi connectivity index (χ0v) is 22.6. The molecule has 1 aromatic rings. The van der Waals surface area contributed by atoms with E-state index in [2.05, 4.69) is 16.9 Å². The third kappa shape index (κ3) is 6.64. The molecular weight excluding hydrogens is 511 g/mol. The van der Waals surface area contributed by atoms with E-state index in [9.17, 15) is 18.0 Å². The van der Waals surface area contributed by atoms with Crippen molar-refractivity contribution in [1.82, 2.24) is 15.1 Å². The normalized spacial score (nSPS) is 23.5.